The highest BCUT2D eigenvalue weighted by molar-refractivity contribution is 7.47. The smallest absolute Gasteiger partial charge is 0.387 e. The van der Waals surface area contributed by atoms with Crippen LogP contribution in [0.15, 0.2) is 48.6 Å². The quantitative estimate of drug-likeness (QED) is 0.0250. The van der Waals surface area contributed by atoms with Crippen LogP contribution in [0, 0.1) is 0 Å². The van der Waals surface area contributed by atoms with E-state index < -0.39 is 20.0 Å². The molecule has 1 amide bonds. The maximum absolute atomic E-state index is 12.8. The van der Waals surface area contributed by atoms with Crippen molar-refractivity contribution in [3.63, 3.8) is 0 Å². The largest absolute Gasteiger partial charge is 0.472 e. The van der Waals surface area contributed by atoms with Gasteiger partial charge in [-0.2, -0.15) is 0 Å². The Hall–Kier alpha value is -1.54. The van der Waals surface area contributed by atoms with Crippen LogP contribution in [0.25, 0.3) is 0 Å². The van der Waals surface area contributed by atoms with Crippen molar-refractivity contribution >= 4 is 13.7 Å². The lowest BCUT2D eigenvalue weighted by molar-refractivity contribution is -0.870. The van der Waals surface area contributed by atoms with E-state index in [2.05, 4.69) is 55.6 Å². The minimum absolute atomic E-state index is 0.0519. The normalized spacial score (nSPS) is 14.9. The summed E-state index contributed by atoms with van der Waals surface area (Å²) in [6, 6.07) is -0.869. The zero-order chi connectivity index (χ0) is 39.3. The van der Waals surface area contributed by atoms with Gasteiger partial charge in [-0.15, -0.1) is 0 Å². The van der Waals surface area contributed by atoms with Gasteiger partial charge < -0.3 is 19.8 Å². The van der Waals surface area contributed by atoms with E-state index in [9.17, 15) is 19.4 Å². The number of phosphoric ester groups is 1. The number of carbonyl (C=O) groups excluding carboxylic acids is 1. The first-order valence-corrected chi connectivity index (χ1v) is 23.0. The summed E-state index contributed by atoms with van der Waals surface area (Å²) >= 11 is 0. The molecule has 0 aromatic rings. The summed E-state index contributed by atoms with van der Waals surface area (Å²) in [5.41, 5.74) is 0. The second-order valence-electron chi connectivity index (χ2n) is 15.7. The SMILES string of the molecule is CCCC/C=C\C/C=C\CCCCCCCC(=O)NC(COP(=O)(O)OCC[N+](C)(C)C)C(O)/C=C/CC/C=C/CCCCCCCCCCCCC. The molecule has 0 fully saturated rings. The molecule has 0 rings (SSSR count). The Morgan fingerprint density at radius 2 is 1.11 bits per heavy atom. The van der Waals surface area contributed by atoms with Gasteiger partial charge in [0.25, 0.3) is 0 Å². The third kappa shape index (κ3) is 38.5. The maximum Gasteiger partial charge on any atom is 0.472 e. The zero-order valence-corrected chi connectivity index (χ0v) is 35.9. The predicted molar refractivity (Wildman–Crippen MR) is 226 cm³/mol. The first-order valence-electron chi connectivity index (χ1n) is 21.5. The Kier molecular flexibility index (Phi) is 35.1. The number of quaternary nitrogens is 1. The van der Waals surface area contributed by atoms with Crippen molar-refractivity contribution in [1.82, 2.24) is 5.32 Å². The molecule has 53 heavy (non-hydrogen) atoms. The van der Waals surface area contributed by atoms with Crippen molar-refractivity contribution in [1.29, 1.82) is 0 Å². The molecule has 9 heteroatoms. The number of aliphatic hydroxyl groups is 1. The van der Waals surface area contributed by atoms with E-state index in [-0.39, 0.29) is 19.1 Å². The fourth-order valence-corrected chi connectivity index (χ4v) is 6.51. The van der Waals surface area contributed by atoms with Crippen LogP contribution >= 0.6 is 7.82 Å². The van der Waals surface area contributed by atoms with Gasteiger partial charge in [-0.25, -0.2) is 4.57 Å². The van der Waals surface area contributed by atoms with E-state index in [4.69, 9.17) is 9.05 Å². The highest BCUT2D eigenvalue weighted by atomic mass is 31.2. The van der Waals surface area contributed by atoms with Crippen molar-refractivity contribution in [3.8, 4) is 0 Å². The fourth-order valence-electron chi connectivity index (χ4n) is 5.78. The number of nitrogens with one attached hydrogen (secondary N) is 1. The monoisotopic (exact) mass is 768 g/mol. The van der Waals surface area contributed by atoms with Crippen LogP contribution in [0.2, 0.25) is 0 Å². The first-order chi connectivity index (χ1) is 25.5. The van der Waals surface area contributed by atoms with Crippen LogP contribution in [-0.2, 0) is 18.4 Å². The number of phosphoric acid groups is 1. The Bertz CT molecular complexity index is 1010. The molecular weight excluding hydrogens is 683 g/mol. The number of amides is 1. The Morgan fingerprint density at radius 3 is 1.68 bits per heavy atom. The topological polar surface area (TPSA) is 105 Å². The average molecular weight is 768 g/mol. The molecule has 310 valence electrons. The number of hydrogen-bond donors (Lipinski definition) is 3. The minimum atomic E-state index is -4.35. The summed E-state index contributed by atoms with van der Waals surface area (Å²) in [6.07, 6.45) is 44.6. The Labute approximate surface area is 327 Å². The number of rotatable bonds is 38. The molecule has 0 radical (unpaired) electrons. The lowest BCUT2D eigenvalue weighted by Gasteiger charge is -2.25. The summed E-state index contributed by atoms with van der Waals surface area (Å²) in [5, 5.41) is 13.8. The van der Waals surface area contributed by atoms with Gasteiger partial charge in [-0.3, -0.25) is 13.8 Å². The number of nitrogens with zero attached hydrogens (tertiary/aromatic N) is 1. The average Bonchev–Trinajstić information content (AvgIpc) is 3.10. The van der Waals surface area contributed by atoms with Gasteiger partial charge in [0.1, 0.15) is 13.2 Å². The number of hydrogen-bond acceptors (Lipinski definition) is 5. The highest BCUT2D eigenvalue weighted by Crippen LogP contribution is 2.43. The maximum atomic E-state index is 12.8. The molecule has 3 N–H and O–H groups in total. The molecule has 3 atom stereocenters. The number of unbranched alkanes of at least 4 members (excludes halogenated alkanes) is 19. The lowest BCUT2D eigenvalue weighted by atomic mass is 10.1. The van der Waals surface area contributed by atoms with Gasteiger partial charge >= 0.3 is 7.82 Å². The van der Waals surface area contributed by atoms with Crippen molar-refractivity contribution in [2.75, 3.05) is 40.9 Å². The second kappa shape index (κ2) is 36.1. The third-order valence-corrected chi connectivity index (χ3v) is 10.3. The molecule has 0 saturated carbocycles. The van der Waals surface area contributed by atoms with E-state index in [1.165, 1.54) is 89.9 Å². The molecule has 0 bridgehead atoms. The van der Waals surface area contributed by atoms with E-state index in [1.54, 1.807) is 6.08 Å². The Morgan fingerprint density at radius 1 is 0.642 bits per heavy atom. The van der Waals surface area contributed by atoms with Gasteiger partial charge in [-0.05, 0) is 57.8 Å². The predicted octanol–water partition coefficient (Wildman–Crippen LogP) is 11.7. The van der Waals surface area contributed by atoms with Crippen molar-refractivity contribution in [2.24, 2.45) is 0 Å². The molecule has 0 aromatic carbocycles. The van der Waals surface area contributed by atoms with E-state index in [0.29, 0.717) is 17.4 Å². The number of likely N-dealkylation sites (N-methyl/N-ethyl adjacent to an activating group) is 1. The molecule has 0 aromatic heterocycles. The molecule has 0 spiro atoms. The van der Waals surface area contributed by atoms with Crippen LogP contribution in [0.3, 0.4) is 0 Å². The highest BCUT2D eigenvalue weighted by Gasteiger charge is 2.27. The molecule has 0 aliphatic rings. The molecule has 3 unspecified atom stereocenters. The van der Waals surface area contributed by atoms with Crippen molar-refractivity contribution in [2.45, 2.75) is 187 Å². The summed E-state index contributed by atoms with van der Waals surface area (Å²) in [7, 11) is 1.54. The zero-order valence-electron chi connectivity index (χ0n) is 35.0. The van der Waals surface area contributed by atoms with Gasteiger partial charge in [0.2, 0.25) is 5.91 Å². The minimum Gasteiger partial charge on any atom is -0.387 e. The van der Waals surface area contributed by atoms with E-state index >= 15 is 0 Å². The van der Waals surface area contributed by atoms with Crippen LogP contribution in [-0.4, -0.2) is 73.4 Å². The first kappa shape index (κ1) is 51.5. The van der Waals surface area contributed by atoms with Crippen LogP contribution in [0.5, 0.6) is 0 Å². The number of allylic oxidation sites excluding steroid dienone is 7. The molecule has 8 nitrogen and oxygen atoms in total. The molecule has 0 aliphatic carbocycles. The summed E-state index contributed by atoms with van der Waals surface area (Å²) in [5.74, 6) is -0.204. The standard InChI is InChI=1S/C44H83N2O6P/c1-6-8-10-12-14-16-18-20-22-23-24-25-27-29-31-33-35-37-43(47)42(41-52-53(49,50)51-40-39-46(3,4)5)45-44(48)38-36-34-32-30-28-26-21-19-17-15-13-11-9-7-2/h13,15,19,21,27,29,35,37,42-43,47H,6-12,14,16-18,20,22-26,28,30-34,36,38-41H2,1-5H3,(H-,45,48,49,50)/p+1/b15-13-,21-19-,29-27+,37-35+. The molecule has 0 aliphatic heterocycles. The molecule has 0 saturated heterocycles. The van der Waals surface area contributed by atoms with Crippen molar-refractivity contribution < 1.29 is 32.9 Å². The van der Waals surface area contributed by atoms with Gasteiger partial charge in [-0.1, -0.05) is 159 Å². The van der Waals surface area contributed by atoms with Gasteiger partial charge in [0.05, 0.1) is 39.9 Å². The second-order valence-corrected chi connectivity index (χ2v) is 17.2. The van der Waals surface area contributed by atoms with Crippen LogP contribution in [0.4, 0.5) is 0 Å². The summed E-state index contributed by atoms with van der Waals surface area (Å²) in [4.78, 5) is 23.1. The summed E-state index contributed by atoms with van der Waals surface area (Å²) < 4.78 is 23.5. The molecular formula is C44H84N2O6P+. The van der Waals surface area contributed by atoms with E-state index in [1.807, 2.05) is 27.2 Å². The number of aliphatic hydroxyl groups excluding tert-OH is 1. The lowest BCUT2D eigenvalue weighted by Crippen LogP contribution is -2.45. The Balaban J connectivity index is 4.54. The fraction of sp³-hybridized carbons (Fsp3) is 0.795. The van der Waals surface area contributed by atoms with Crippen LogP contribution < -0.4 is 5.32 Å². The number of carbonyl (C=O) groups is 1. The van der Waals surface area contributed by atoms with Crippen molar-refractivity contribution in [3.05, 3.63) is 48.6 Å². The van der Waals surface area contributed by atoms with Gasteiger partial charge in [0.15, 0.2) is 0 Å². The van der Waals surface area contributed by atoms with Gasteiger partial charge in [0, 0.05) is 6.42 Å². The van der Waals surface area contributed by atoms with E-state index in [0.717, 1.165) is 64.2 Å². The molecule has 0 heterocycles. The summed E-state index contributed by atoms with van der Waals surface area (Å²) in [6.45, 7) is 4.72. The van der Waals surface area contributed by atoms with Crippen LogP contribution in [0.1, 0.15) is 174 Å². The third-order valence-electron chi connectivity index (χ3n) is 9.27.